The highest BCUT2D eigenvalue weighted by molar-refractivity contribution is 5.32. The largest absolute Gasteiger partial charge is 0.462 e. The third-order valence-electron chi connectivity index (χ3n) is 3.10. The van der Waals surface area contributed by atoms with Crippen LogP contribution in [-0.2, 0) is 16.2 Å². The van der Waals surface area contributed by atoms with Crippen molar-refractivity contribution in [2.45, 2.75) is 37.5 Å². The molecule has 0 bridgehead atoms. The van der Waals surface area contributed by atoms with Crippen molar-refractivity contribution >= 4 is 0 Å². The van der Waals surface area contributed by atoms with Gasteiger partial charge in [-0.05, 0) is 6.07 Å². The van der Waals surface area contributed by atoms with E-state index in [9.17, 15) is 30.5 Å². The molecule has 10 heteroatoms. The summed E-state index contributed by atoms with van der Waals surface area (Å²) >= 11 is 0. The minimum absolute atomic E-state index is 0.150. The van der Waals surface area contributed by atoms with Crippen molar-refractivity contribution in [3.8, 4) is 5.75 Å². The zero-order valence-corrected chi connectivity index (χ0v) is 11.2. The first-order chi connectivity index (χ1) is 10.4. The fraction of sp³-hybridized carbons (Fsp3) is 0.500. The van der Waals surface area contributed by atoms with Crippen molar-refractivity contribution < 1.29 is 39.8 Å². The molecule has 0 radical (unpaired) electrons. The van der Waals surface area contributed by atoms with E-state index in [4.69, 9.17) is 9.47 Å². The number of aliphatic hydroxyl groups is 4. The summed E-state index contributed by atoms with van der Waals surface area (Å²) in [6.45, 7) is -0.348. The Hall–Kier alpha value is -1.98. The third-order valence-corrected chi connectivity index (χ3v) is 3.10. The second kappa shape index (κ2) is 6.85. The molecule has 1 aliphatic rings. The first-order valence-electron chi connectivity index (χ1n) is 6.30. The van der Waals surface area contributed by atoms with Crippen LogP contribution in [0.2, 0.25) is 0 Å². The third kappa shape index (κ3) is 3.43. The molecular weight excluding hydrogens is 302 g/mol. The zero-order valence-electron chi connectivity index (χ0n) is 11.2. The molecule has 1 saturated heterocycles. The number of nitrogens with zero attached hydrogens (tertiary/aromatic N) is 1. The van der Waals surface area contributed by atoms with E-state index < -0.39 is 36.0 Å². The van der Waals surface area contributed by atoms with Gasteiger partial charge in [-0.15, -0.1) is 10.1 Å². The molecule has 1 aromatic rings. The van der Waals surface area contributed by atoms with E-state index in [0.717, 1.165) is 0 Å². The molecule has 0 amide bonds. The van der Waals surface area contributed by atoms with Crippen LogP contribution in [0.25, 0.3) is 0 Å². The molecular formula is C12H15NO9. The van der Waals surface area contributed by atoms with E-state index in [-0.39, 0.29) is 12.4 Å². The van der Waals surface area contributed by atoms with Crippen molar-refractivity contribution in [1.82, 2.24) is 0 Å². The van der Waals surface area contributed by atoms with Gasteiger partial charge in [0.15, 0.2) is 0 Å². The minimum atomic E-state index is -1.83. The molecule has 2 rings (SSSR count). The van der Waals surface area contributed by atoms with Gasteiger partial charge < -0.3 is 29.9 Å². The highest BCUT2D eigenvalue weighted by atomic mass is 17.0. The molecule has 0 spiro atoms. The molecule has 0 aliphatic carbocycles. The Labute approximate surface area is 124 Å². The van der Waals surface area contributed by atoms with Crippen molar-refractivity contribution in [1.29, 1.82) is 0 Å². The van der Waals surface area contributed by atoms with Crippen LogP contribution in [0.4, 0.5) is 0 Å². The van der Waals surface area contributed by atoms with E-state index in [1.165, 1.54) is 6.07 Å². The summed E-state index contributed by atoms with van der Waals surface area (Å²) in [5.74, 6) is 0.150. The highest BCUT2D eigenvalue weighted by Crippen LogP contribution is 2.27. The number of ether oxygens (including phenoxy) is 2. The summed E-state index contributed by atoms with van der Waals surface area (Å²) < 4.78 is 10.3. The molecule has 1 heterocycles. The molecule has 10 nitrogen and oxygen atoms in total. The van der Waals surface area contributed by atoms with Crippen molar-refractivity contribution in [2.24, 2.45) is 0 Å². The Morgan fingerprint density at radius 2 is 1.77 bits per heavy atom. The van der Waals surface area contributed by atoms with E-state index >= 15 is 0 Å². The lowest BCUT2D eigenvalue weighted by Gasteiger charge is -2.38. The van der Waals surface area contributed by atoms with Gasteiger partial charge in [0.2, 0.25) is 12.6 Å². The maximum atomic E-state index is 10.3. The Kier molecular flexibility index (Phi) is 5.11. The zero-order chi connectivity index (χ0) is 16.3. The lowest BCUT2D eigenvalue weighted by atomic mass is 10.0. The fourth-order valence-corrected chi connectivity index (χ4v) is 1.96. The van der Waals surface area contributed by atoms with Gasteiger partial charge in [-0.2, -0.15) is 0 Å². The first-order valence-corrected chi connectivity index (χ1v) is 6.30. The average Bonchev–Trinajstić information content (AvgIpc) is 2.50. The molecule has 1 fully saturated rings. The molecule has 0 aromatic heterocycles. The Balaban J connectivity index is 2.16. The molecule has 1 aromatic carbocycles. The normalized spacial score (nSPS) is 31.5. The smallest absolute Gasteiger partial charge is 0.297 e. The topological polar surface area (TPSA) is 152 Å². The molecule has 4 N–H and O–H groups in total. The summed E-state index contributed by atoms with van der Waals surface area (Å²) in [4.78, 5) is 14.4. The highest BCUT2D eigenvalue weighted by Gasteiger charge is 2.47. The summed E-state index contributed by atoms with van der Waals surface area (Å²) in [5.41, 5.74) is 0.380. The predicted molar refractivity (Wildman–Crippen MR) is 67.8 cm³/mol. The monoisotopic (exact) mass is 317 g/mol. The summed E-state index contributed by atoms with van der Waals surface area (Å²) in [5, 5.41) is 47.4. The average molecular weight is 317 g/mol. The first kappa shape index (κ1) is 16.4. The van der Waals surface area contributed by atoms with E-state index in [0.29, 0.717) is 5.56 Å². The van der Waals surface area contributed by atoms with Crippen LogP contribution in [-0.4, -0.2) is 56.4 Å². The van der Waals surface area contributed by atoms with Crippen LogP contribution in [0, 0.1) is 10.1 Å². The number of rotatable bonds is 5. The van der Waals surface area contributed by atoms with Crippen LogP contribution < -0.4 is 4.74 Å². The van der Waals surface area contributed by atoms with Crippen LogP contribution in [0.1, 0.15) is 5.56 Å². The Bertz CT molecular complexity index is 525. The lowest BCUT2D eigenvalue weighted by molar-refractivity contribution is -0.786. The van der Waals surface area contributed by atoms with Crippen LogP contribution in [0.15, 0.2) is 24.3 Å². The van der Waals surface area contributed by atoms with E-state index in [1.54, 1.807) is 18.2 Å². The van der Waals surface area contributed by atoms with Crippen LogP contribution in [0.5, 0.6) is 5.75 Å². The number of para-hydroxylation sites is 1. The van der Waals surface area contributed by atoms with Gasteiger partial charge in [0.1, 0.15) is 24.1 Å². The van der Waals surface area contributed by atoms with E-state index in [2.05, 4.69) is 4.84 Å². The van der Waals surface area contributed by atoms with Gasteiger partial charge in [-0.3, -0.25) is 4.84 Å². The second-order valence-corrected chi connectivity index (χ2v) is 4.56. The lowest BCUT2D eigenvalue weighted by Crippen LogP contribution is -2.60. The summed E-state index contributed by atoms with van der Waals surface area (Å²) in [6.07, 6.45) is -8.62. The van der Waals surface area contributed by atoms with Crippen molar-refractivity contribution in [3.05, 3.63) is 39.9 Å². The molecule has 0 unspecified atom stereocenters. The molecule has 22 heavy (non-hydrogen) atoms. The number of hydrogen-bond donors (Lipinski definition) is 4. The van der Waals surface area contributed by atoms with Gasteiger partial charge in [0.05, 0.1) is 6.61 Å². The maximum absolute atomic E-state index is 10.3. The molecule has 0 saturated carbocycles. The summed E-state index contributed by atoms with van der Waals surface area (Å²) in [6, 6.07) is 6.27. The Morgan fingerprint density at radius 1 is 1.14 bits per heavy atom. The number of hydrogen-bond acceptors (Lipinski definition) is 9. The Morgan fingerprint density at radius 3 is 2.41 bits per heavy atom. The van der Waals surface area contributed by atoms with Crippen molar-refractivity contribution in [3.63, 3.8) is 0 Å². The number of aliphatic hydroxyl groups excluding tert-OH is 4. The van der Waals surface area contributed by atoms with E-state index in [1.807, 2.05) is 0 Å². The molecule has 1 aliphatic heterocycles. The second-order valence-electron chi connectivity index (χ2n) is 4.56. The van der Waals surface area contributed by atoms with Gasteiger partial charge in [0.25, 0.3) is 5.09 Å². The van der Waals surface area contributed by atoms with Gasteiger partial charge >= 0.3 is 0 Å². The van der Waals surface area contributed by atoms with Gasteiger partial charge in [-0.25, -0.2) is 0 Å². The SMILES string of the molecule is O=[N+]([O-])O[C@H]1O[C@@H](Oc2ccccc2CO)[C@H](O)[C@@H](O)[C@@H]1O. The summed E-state index contributed by atoms with van der Waals surface area (Å²) in [7, 11) is 0. The van der Waals surface area contributed by atoms with Gasteiger partial charge in [-0.1, -0.05) is 18.2 Å². The molecule has 122 valence electrons. The predicted octanol–water partition coefficient (Wildman–Crippen LogP) is -1.47. The number of benzene rings is 1. The van der Waals surface area contributed by atoms with Crippen LogP contribution >= 0.6 is 0 Å². The van der Waals surface area contributed by atoms with Gasteiger partial charge in [0, 0.05) is 5.56 Å². The standard InChI is InChI=1S/C12H15NO9/c14-5-6-3-1-2-4-7(6)20-11-9(16)8(15)10(17)12(21-11)22-13(18)19/h1-4,8-12,14-17H,5H2/t8-,9-,10+,11-,12-/m1/s1. The fourth-order valence-electron chi connectivity index (χ4n) is 1.96. The minimum Gasteiger partial charge on any atom is -0.462 e. The van der Waals surface area contributed by atoms with Crippen LogP contribution in [0.3, 0.4) is 0 Å². The maximum Gasteiger partial charge on any atom is 0.297 e. The quantitative estimate of drug-likeness (QED) is 0.376. The van der Waals surface area contributed by atoms with Crippen molar-refractivity contribution in [2.75, 3.05) is 0 Å². The molecule has 5 atom stereocenters.